The molecule has 7 heteroatoms. The van der Waals surface area contributed by atoms with Crippen molar-refractivity contribution in [3.05, 3.63) is 105 Å². The Balaban J connectivity index is 1.41. The molecule has 3 heterocycles. The van der Waals surface area contributed by atoms with Gasteiger partial charge in [-0.25, -0.2) is 4.39 Å². The molecule has 1 N–H and O–H groups in total. The first-order chi connectivity index (χ1) is 15.9. The van der Waals surface area contributed by atoms with E-state index in [9.17, 15) is 14.0 Å². The van der Waals surface area contributed by atoms with E-state index in [1.54, 1.807) is 42.5 Å². The first-order valence-electron chi connectivity index (χ1n) is 10.6. The maximum Gasteiger partial charge on any atom is 0.258 e. The van der Waals surface area contributed by atoms with Gasteiger partial charge in [-0.1, -0.05) is 6.07 Å². The second-order valence-corrected chi connectivity index (χ2v) is 9.14. The van der Waals surface area contributed by atoms with Crippen LogP contribution in [0.25, 0.3) is 0 Å². The fourth-order valence-corrected chi connectivity index (χ4v) is 5.08. The van der Waals surface area contributed by atoms with E-state index in [4.69, 9.17) is 0 Å². The number of fused-ring (bicyclic) bond motifs is 2. The highest BCUT2D eigenvalue weighted by molar-refractivity contribution is 7.10. The van der Waals surface area contributed by atoms with Crippen LogP contribution in [0.2, 0.25) is 0 Å². The zero-order chi connectivity index (χ0) is 23.1. The average molecular weight is 460 g/mol. The van der Waals surface area contributed by atoms with Gasteiger partial charge in [-0.15, -0.1) is 11.3 Å². The third-order valence-corrected chi connectivity index (χ3v) is 6.94. The van der Waals surface area contributed by atoms with Gasteiger partial charge in [-0.2, -0.15) is 0 Å². The van der Waals surface area contributed by atoms with Gasteiger partial charge in [0.1, 0.15) is 5.82 Å². The lowest BCUT2D eigenvalue weighted by molar-refractivity contribution is 0.0983. The normalized spacial score (nSPS) is 12.6. The molecule has 0 aliphatic carbocycles. The summed E-state index contributed by atoms with van der Waals surface area (Å²) in [6.45, 7) is 4.67. The summed E-state index contributed by atoms with van der Waals surface area (Å²) in [5.74, 6) is -0.890. The standard InChI is InChI=1S/C26H22FN3O2S/c1-16-13-18(28-25(31)21-6-3-7-22(27)17(21)2)8-9-20(16)26(32)30-14-19-5-4-11-29(19)15-24-23(30)10-12-33-24/h3-13H,14-15H2,1-2H3,(H,28,31). The first-order valence-corrected chi connectivity index (χ1v) is 11.5. The summed E-state index contributed by atoms with van der Waals surface area (Å²) in [6.07, 6.45) is 2.04. The van der Waals surface area contributed by atoms with E-state index in [0.717, 1.165) is 28.4 Å². The molecular weight excluding hydrogens is 437 g/mol. The molecule has 0 atom stereocenters. The van der Waals surface area contributed by atoms with E-state index in [-0.39, 0.29) is 17.4 Å². The smallest absolute Gasteiger partial charge is 0.258 e. The highest BCUT2D eigenvalue weighted by Gasteiger charge is 2.26. The number of rotatable bonds is 3. The van der Waals surface area contributed by atoms with Crippen LogP contribution >= 0.6 is 11.3 Å². The molecule has 5 nitrogen and oxygen atoms in total. The average Bonchev–Trinajstić information content (AvgIpc) is 3.41. The van der Waals surface area contributed by atoms with Crippen molar-refractivity contribution in [2.24, 2.45) is 0 Å². The lowest BCUT2D eigenvalue weighted by Gasteiger charge is -2.22. The number of amides is 2. The topological polar surface area (TPSA) is 54.3 Å². The van der Waals surface area contributed by atoms with Crippen LogP contribution in [-0.2, 0) is 13.1 Å². The van der Waals surface area contributed by atoms with Crippen LogP contribution in [0, 0.1) is 19.7 Å². The number of aromatic nitrogens is 1. The third-order valence-electron chi connectivity index (χ3n) is 6.04. The Morgan fingerprint density at radius 3 is 2.67 bits per heavy atom. The van der Waals surface area contributed by atoms with E-state index in [1.807, 2.05) is 41.6 Å². The predicted molar refractivity (Wildman–Crippen MR) is 129 cm³/mol. The van der Waals surface area contributed by atoms with Crippen molar-refractivity contribution >= 4 is 34.5 Å². The minimum absolute atomic E-state index is 0.0827. The highest BCUT2D eigenvalue weighted by Crippen LogP contribution is 2.33. The molecule has 1 aliphatic heterocycles. The molecule has 2 amide bonds. The van der Waals surface area contributed by atoms with Crippen LogP contribution in [0.1, 0.15) is 42.4 Å². The van der Waals surface area contributed by atoms with Crippen molar-refractivity contribution < 1.29 is 14.0 Å². The number of anilines is 2. The van der Waals surface area contributed by atoms with Gasteiger partial charge in [-0.05, 0) is 78.9 Å². The summed E-state index contributed by atoms with van der Waals surface area (Å²) >= 11 is 1.65. The second-order valence-electron chi connectivity index (χ2n) is 8.14. The predicted octanol–water partition coefficient (Wildman–Crippen LogP) is 5.77. The molecule has 1 aliphatic rings. The molecule has 4 aromatic rings. The quantitative estimate of drug-likeness (QED) is 0.423. The Morgan fingerprint density at radius 2 is 1.85 bits per heavy atom. The van der Waals surface area contributed by atoms with Crippen LogP contribution in [0.5, 0.6) is 0 Å². The number of aryl methyl sites for hydroxylation is 1. The van der Waals surface area contributed by atoms with Crippen LogP contribution in [0.15, 0.2) is 66.2 Å². The van der Waals surface area contributed by atoms with Crippen molar-refractivity contribution in [1.82, 2.24) is 4.57 Å². The Labute approximate surface area is 195 Å². The number of carbonyl (C=O) groups excluding carboxylic acids is 2. The molecule has 2 aromatic carbocycles. The number of nitrogens with zero attached hydrogens (tertiary/aromatic N) is 2. The minimum atomic E-state index is -0.420. The van der Waals surface area contributed by atoms with Gasteiger partial charge in [-0.3, -0.25) is 9.59 Å². The van der Waals surface area contributed by atoms with Gasteiger partial charge < -0.3 is 14.8 Å². The summed E-state index contributed by atoms with van der Waals surface area (Å²) < 4.78 is 16.0. The lowest BCUT2D eigenvalue weighted by atomic mass is 10.0. The minimum Gasteiger partial charge on any atom is -0.344 e. The van der Waals surface area contributed by atoms with E-state index in [2.05, 4.69) is 9.88 Å². The number of thiophene rings is 1. The van der Waals surface area contributed by atoms with E-state index >= 15 is 0 Å². The molecule has 2 aromatic heterocycles. The van der Waals surface area contributed by atoms with Gasteiger partial charge in [0.25, 0.3) is 11.8 Å². The van der Waals surface area contributed by atoms with E-state index < -0.39 is 5.82 Å². The van der Waals surface area contributed by atoms with E-state index in [0.29, 0.717) is 23.4 Å². The van der Waals surface area contributed by atoms with Crippen molar-refractivity contribution in [1.29, 1.82) is 0 Å². The maximum atomic E-state index is 13.8. The summed E-state index contributed by atoms with van der Waals surface area (Å²) in [5, 5.41) is 4.82. The SMILES string of the molecule is Cc1cc(NC(=O)c2cccc(F)c2C)ccc1C(=O)N1Cc2cccn2Cc2sccc21. The first kappa shape index (κ1) is 21.2. The molecule has 0 unspecified atom stereocenters. The molecular formula is C26H22FN3O2S. The summed E-state index contributed by atoms with van der Waals surface area (Å²) in [7, 11) is 0. The zero-order valence-electron chi connectivity index (χ0n) is 18.3. The van der Waals surface area contributed by atoms with Gasteiger partial charge in [0.15, 0.2) is 0 Å². The number of halogens is 1. The van der Waals surface area contributed by atoms with Gasteiger partial charge in [0, 0.05) is 33.6 Å². The van der Waals surface area contributed by atoms with Crippen LogP contribution in [-0.4, -0.2) is 16.4 Å². The number of hydrogen-bond acceptors (Lipinski definition) is 3. The number of carbonyl (C=O) groups is 2. The van der Waals surface area contributed by atoms with Gasteiger partial charge in [0.05, 0.1) is 18.8 Å². The van der Waals surface area contributed by atoms with Crippen molar-refractivity contribution in [3.63, 3.8) is 0 Å². The molecule has 0 saturated carbocycles. The zero-order valence-corrected chi connectivity index (χ0v) is 19.1. The monoisotopic (exact) mass is 459 g/mol. The van der Waals surface area contributed by atoms with Gasteiger partial charge in [0.2, 0.25) is 0 Å². The van der Waals surface area contributed by atoms with Crippen molar-refractivity contribution in [3.8, 4) is 0 Å². The fraction of sp³-hybridized carbons (Fsp3) is 0.154. The number of nitrogens with one attached hydrogen (secondary N) is 1. The molecule has 0 spiro atoms. The number of benzene rings is 2. The lowest BCUT2D eigenvalue weighted by Crippen LogP contribution is -2.30. The molecule has 0 radical (unpaired) electrons. The van der Waals surface area contributed by atoms with Crippen LogP contribution in [0.4, 0.5) is 15.8 Å². The Hall–Kier alpha value is -3.71. The Bertz CT molecular complexity index is 1390. The van der Waals surface area contributed by atoms with Crippen molar-refractivity contribution in [2.45, 2.75) is 26.9 Å². The Morgan fingerprint density at radius 1 is 1.00 bits per heavy atom. The van der Waals surface area contributed by atoms with Gasteiger partial charge >= 0.3 is 0 Å². The molecule has 0 saturated heterocycles. The largest absolute Gasteiger partial charge is 0.344 e. The highest BCUT2D eigenvalue weighted by atomic mass is 32.1. The van der Waals surface area contributed by atoms with E-state index in [1.165, 1.54) is 12.1 Å². The number of hydrogen-bond donors (Lipinski definition) is 1. The molecule has 5 rings (SSSR count). The molecule has 0 fully saturated rings. The fourth-order valence-electron chi connectivity index (χ4n) is 4.20. The summed E-state index contributed by atoms with van der Waals surface area (Å²) in [5.41, 5.74) is 4.49. The van der Waals surface area contributed by atoms with Crippen molar-refractivity contribution in [2.75, 3.05) is 10.2 Å². The second kappa shape index (κ2) is 8.33. The molecule has 166 valence electrons. The summed E-state index contributed by atoms with van der Waals surface area (Å²) in [4.78, 5) is 29.2. The van der Waals surface area contributed by atoms with Crippen LogP contribution < -0.4 is 10.2 Å². The third kappa shape index (κ3) is 3.85. The molecule has 33 heavy (non-hydrogen) atoms. The molecule has 0 bridgehead atoms. The summed E-state index contributed by atoms with van der Waals surface area (Å²) in [6, 6.07) is 15.7. The maximum absolute atomic E-state index is 13.8. The van der Waals surface area contributed by atoms with Crippen LogP contribution in [0.3, 0.4) is 0 Å². The Kier molecular flexibility index (Phi) is 5.34.